The number of aliphatic hydroxyl groups excluding tert-OH is 1. The second-order valence-corrected chi connectivity index (χ2v) is 8.36. The third-order valence-corrected chi connectivity index (χ3v) is 5.71. The second kappa shape index (κ2) is 11.2. The van der Waals surface area contributed by atoms with E-state index in [4.69, 9.17) is 0 Å². The first-order valence-electron chi connectivity index (χ1n) is 10.3. The molecule has 6 heteroatoms. The average molecular weight is 391 g/mol. The second-order valence-electron chi connectivity index (χ2n) is 8.36. The minimum Gasteiger partial charge on any atom is -0.394 e. The summed E-state index contributed by atoms with van der Waals surface area (Å²) in [4.78, 5) is 25.7. The van der Waals surface area contributed by atoms with Crippen molar-refractivity contribution in [3.8, 4) is 0 Å². The lowest BCUT2D eigenvalue weighted by Gasteiger charge is -2.31. The van der Waals surface area contributed by atoms with Gasteiger partial charge in [0.2, 0.25) is 11.8 Å². The molecule has 3 unspecified atom stereocenters. The van der Waals surface area contributed by atoms with E-state index in [9.17, 15) is 19.9 Å². The van der Waals surface area contributed by atoms with Crippen molar-refractivity contribution in [3.63, 3.8) is 0 Å². The van der Waals surface area contributed by atoms with Crippen LogP contribution in [0.25, 0.3) is 0 Å². The number of carbonyl (C=O) groups excluding carboxylic acids is 2. The van der Waals surface area contributed by atoms with Crippen molar-refractivity contribution in [2.24, 2.45) is 23.7 Å². The first-order valence-corrected chi connectivity index (χ1v) is 10.3. The van der Waals surface area contributed by atoms with Gasteiger partial charge in [-0.1, -0.05) is 57.0 Å². The van der Waals surface area contributed by atoms with Gasteiger partial charge in [-0.15, -0.1) is 0 Å². The van der Waals surface area contributed by atoms with Crippen LogP contribution < -0.4 is 10.8 Å². The highest BCUT2D eigenvalue weighted by Crippen LogP contribution is 2.38. The summed E-state index contributed by atoms with van der Waals surface area (Å²) in [6.07, 6.45) is 4.97. The van der Waals surface area contributed by atoms with Crippen molar-refractivity contribution in [3.05, 3.63) is 35.9 Å². The van der Waals surface area contributed by atoms with Gasteiger partial charge in [-0.2, -0.15) is 0 Å². The van der Waals surface area contributed by atoms with Crippen molar-refractivity contribution in [1.82, 2.24) is 10.8 Å². The Morgan fingerprint density at radius 2 is 1.75 bits per heavy atom. The maximum absolute atomic E-state index is 13.2. The standard InChI is InChI=1S/C22H34N2O4/c1-15(2)12-19(20(22(27)24-28)17-10-6-7-11-17)21(26)23-18(14-25)13-16-8-4-3-5-9-16/h3-5,8-9,15,17-20,25,28H,6-7,10-14H2,1-2H3,(H,23,26)(H,24,27). The van der Waals surface area contributed by atoms with E-state index in [0.717, 1.165) is 31.2 Å². The van der Waals surface area contributed by atoms with Crippen molar-refractivity contribution >= 4 is 11.8 Å². The molecule has 0 aromatic heterocycles. The first kappa shape index (κ1) is 22.4. The van der Waals surface area contributed by atoms with E-state index in [1.807, 2.05) is 44.2 Å². The van der Waals surface area contributed by atoms with Crippen LogP contribution in [0.2, 0.25) is 0 Å². The van der Waals surface area contributed by atoms with Crippen LogP contribution in [-0.4, -0.2) is 34.8 Å². The molecule has 1 aromatic rings. The molecule has 1 aromatic carbocycles. The lowest BCUT2D eigenvalue weighted by Crippen LogP contribution is -2.48. The van der Waals surface area contributed by atoms with Gasteiger partial charge in [-0.3, -0.25) is 14.8 Å². The summed E-state index contributed by atoms with van der Waals surface area (Å²) in [5.41, 5.74) is 2.82. The van der Waals surface area contributed by atoms with Gasteiger partial charge in [0.1, 0.15) is 0 Å². The highest BCUT2D eigenvalue weighted by molar-refractivity contribution is 5.87. The predicted molar refractivity (Wildman–Crippen MR) is 107 cm³/mol. The SMILES string of the molecule is CC(C)CC(C(=O)NC(CO)Cc1ccccc1)C(C(=O)NO)C1CCCC1. The zero-order chi connectivity index (χ0) is 20.5. The van der Waals surface area contributed by atoms with Gasteiger partial charge in [0, 0.05) is 0 Å². The molecule has 0 aliphatic heterocycles. The Bertz CT molecular complexity index is 614. The van der Waals surface area contributed by atoms with E-state index in [1.54, 1.807) is 5.48 Å². The van der Waals surface area contributed by atoms with Gasteiger partial charge >= 0.3 is 0 Å². The minimum atomic E-state index is -0.550. The zero-order valence-electron chi connectivity index (χ0n) is 16.9. The van der Waals surface area contributed by atoms with E-state index in [2.05, 4.69) is 5.32 Å². The van der Waals surface area contributed by atoms with Gasteiger partial charge < -0.3 is 10.4 Å². The highest BCUT2D eigenvalue weighted by Gasteiger charge is 2.41. The number of hydrogen-bond donors (Lipinski definition) is 4. The van der Waals surface area contributed by atoms with Gasteiger partial charge in [0.25, 0.3) is 0 Å². The maximum Gasteiger partial charge on any atom is 0.247 e. The molecule has 156 valence electrons. The summed E-state index contributed by atoms with van der Waals surface area (Å²) >= 11 is 0. The monoisotopic (exact) mass is 390 g/mol. The molecule has 0 heterocycles. The normalized spacial score (nSPS) is 17.9. The molecule has 0 saturated heterocycles. The third-order valence-electron chi connectivity index (χ3n) is 5.71. The number of carbonyl (C=O) groups is 2. The molecule has 0 spiro atoms. The summed E-state index contributed by atoms with van der Waals surface area (Å²) in [6.45, 7) is 3.88. The number of hydroxylamine groups is 1. The minimum absolute atomic E-state index is 0.100. The molecular formula is C22H34N2O4. The topological polar surface area (TPSA) is 98.7 Å². The number of rotatable bonds is 10. The van der Waals surface area contributed by atoms with Gasteiger partial charge in [-0.25, -0.2) is 5.48 Å². The fourth-order valence-electron chi connectivity index (χ4n) is 4.41. The number of hydrogen-bond acceptors (Lipinski definition) is 4. The average Bonchev–Trinajstić information content (AvgIpc) is 3.21. The summed E-state index contributed by atoms with van der Waals surface area (Å²) in [5, 5.41) is 22.0. The lowest BCUT2D eigenvalue weighted by atomic mass is 9.75. The molecule has 2 rings (SSSR count). The Labute approximate surface area is 167 Å². The fourth-order valence-corrected chi connectivity index (χ4v) is 4.41. The summed E-state index contributed by atoms with van der Waals surface area (Å²) in [7, 11) is 0. The molecule has 1 aliphatic rings. The van der Waals surface area contributed by atoms with E-state index < -0.39 is 23.8 Å². The van der Waals surface area contributed by atoms with Gasteiger partial charge in [-0.05, 0) is 43.1 Å². The molecule has 28 heavy (non-hydrogen) atoms. The smallest absolute Gasteiger partial charge is 0.247 e. The summed E-state index contributed by atoms with van der Waals surface area (Å²) in [5.74, 6) is -1.44. The van der Waals surface area contributed by atoms with Crippen LogP contribution in [-0.2, 0) is 16.0 Å². The Balaban J connectivity index is 2.16. The highest BCUT2D eigenvalue weighted by atomic mass is 16.5. The van der Waals surface area contributed by atoms with Crippen molar-refractivity contribution in [1.29, 1.82) is 0 Å². The van der Waals surface area contributed by atoms with E-state index in [1.165, 1.54) is 0 Å². The van der Waals surface area contributed by atoms with Crippen LogP contribution in [0, 0.1) is 23.7 Å². The Kier molecular flexibility index (Phi) is 8.93. The largest absolute Gasteiger partial charge is 0.394 e. The molecule has 1 aliphatic carbocycles. The first-order chi connectivity index (χ1) is 13.5. The molecule has 4 N–H and O–H groups in total. The van der Waals surface area contributed by atoms with E-state index in [0.29, 0.717) is 12.8 Å². The van der Waals surface area contributed by atoms with Crippen LogP contribution in [0.5, 0.6) is 0 Å². The quantitative estimate of drug-likeness (QED) is 0.365. The predicted octanol–water partition coefficient (Wildman–Crippen LogP) is 2.68. The molecule has 0 radical (unpaired) electrons. The summed E-state index contributed by atoms with van der Waals surface area (Å²) in [6, 6.07) is 9.28. The summed E-state index contributed by atoms with van der Waals surface area (Å²) < 4.78 is 0. The lowest BCUT2D eigenvalue weighted by molar-refractivity contribution is -0.143. The Hall–Kier alpha value is -1.92. The van der Waals surface area contributed by atoms with Crippen molar-refractivity contribution in [2.75, 3.05) is 6.61 Å². The third kappa shape index (κ3) is 6.31. The zero-order valence-corrected chi connectivity index (χ0v) is 16.9. The van der Waals surface area contributed by atoms with Crippen molar-refractivity contribution in [2.45, 2.75) is 58.4 Å². The molecule has 1 saturated carbocycles. The maximum atomic E-state index is 13.2. The Morgan fingerprint density at radius 3 is 2.29 bits per heavy atom. The van der Waals surface area contributed by atoms with Crippen LogP contribution in [0.3, 0.4) is 0 Å². The van der Waals surface area contributed by atoms with Gasteiger partial charge in [0.05, 0.1) is 24.5 Å². The molecule has 1 fully saturated rings. The molecule has 0 bridgehead atoms. The van der Waals surface area contributed by atoms with Gasteiger partial charge in [0.15, 0.2) is 0 Å². The molecular weight excluding hydrogens is 356 g/mol. The number of amides is 2. The number of nitrogens with one attached hydrogen (secondary N) is 2. The van der Waals surface area contributed by atoms with Crippen LogP contribution in [0.1, 0.15) is 51.5 Å². The van der Waals surface area contributed by atoms with Crippen molar-refractivity contribution < 1.29 is 19.9 Å². The fraction of sp³-hybridized carbons (Fsp3) is 0.636. The van der Waals surface area contributed by atoms with E-state index in [-0.39, 0.29) is 24.3 Å². The number of benzene rings is 1. The number of aliphatic hydroxyl groups is 1. The van der Waals surface area contributed by atoms with Crippen LogP contribution in [0.15, 0.2) is 30.3 Å². The Morgan fingerprint density at radius 1 is 1.11 bits per heavy atom. The molecule has 6 nitrogen and oxygen atoms in total. The molecule has 3 atom stereocenters. The van der Waals surface area contributed by atoms with Crippen LogP contribution in [0.4, 0.5) is 0 Å². The molecule has 2 amide bonds. The van der Waals surface area contributed by atoms with Crippen LogP contribution >= 0.6 is 0 Å². The van der Waals surface area contributed by atoms with E-state index >= 15 is 0 Å².